The fourth-order valence-electron chi connectivity index (χ4n) is 13.5. The topological polar surface area (TPSA) is 237 Å². The average molecular weight is 1540 g/mol. The van der Waals surface area contributed by atoms with Gasteiger partial charge in [0.25, 0.3) is 0 Å². The van der Waals surface area contributed by atoms with Crippen LogP contribution in [0, 0.1) is 5.92 Å². The number of hydrogen-bond donors (Lipinski definition) is 3. The Morgan fingerprint density at radius 3 is 0.648 bits per heavy atom. The van der Waals surface area contributed by atoms with Crippen LogP contribution < -0.4 is 0 Å². The van der Waals surface area contributed by atoms with Gasteiger partial charge in [0, 0.05) is 25.7 Å². The maximum atomic E-state index is 13.1. The Morgan fingerprint density at radius 1 is 0.257 bits per heavy atom. The van der Waals surface area contributed by atoms with Crippen LogP contribution in [0.3, 0.4) is 0 Å². The molecule has 2 unspecified atom stereocenters. The molecule has 105 heavy (non-hydrogen) atoms. The van der Waals surface area contributed by atoms with Crippen LogP contribution >= 0.6 is 15.6 Å². The van der Waals surface area contributed by atoms with Gasteiger partial charge in [0.15, 0.2) is 12.2 Å². The molecule has 0 heterocycles. The molecule has 0 aromatic carbocycles. The number of carbonyl (C=O) groups excluding carboxylic acids is 4. The summed E-state index contributed by atoms with van der Waals surface area (Å²) in [6.45, 7) is 7.40. The second-order valence-corrected chi connectivity index (χ2v) is 34.3. The summed E-state index contributed by atoms with van der Waals surface area (Å²) in [5.74, 6) is -1.28. The maximum absolute atomic E-state index is 13.1. The van der Waals surface area contributed by atoms with Gasteiger partial charge in [-0.25, -0.2) is 9.13 Å². The van der Waals surface area contributed by atoms with Gasteiger partial charge in [-0.15, -0.1) is 0 Å². The standard InChI is InChI=1S/C86H168O17P2/c1-6-9-12-15-18-21-24-26-28-29-33-37-40-45-50-55-60-65-70-84(89)97-76-82(103-86(91)72-67-62-57-52-47-42-38-34-31-30-32-36-39-44-48-53-58-63-68-79(4)5)78-101-105(94,95)99-74-80(87)73-98-104(92,93)100-77-81(75-96-83(88)69-64-59-54-49-43-23-20-17-14-11-8-3)102-85(90)71-66-61-56-51-46-41-35-27-25-22-19-16-13-10-7-2/h79-82,87H,6-78H2,1-5H3,(H,92,93)(H,94,95)/t80-,81+,82+/m0/s1. The zero-order chi connectivity index (χ0) is 76.9. The maximum Gasteiger partial charge on any atom is 0.472 e. The van der Waals surface area contributed by atoms with Crippen LogP contribution in [-0.4, -0.2) is 96.7 Å². The van der Waals surface area contributed by atoms with E-state index in [4.69, 9.17) is 37.0 Å². The predicted octanol–water partition coefficient (Wildman–Crippen LogP) is 26.4. The number of phosphoric acid groups is 2. The molecule has 624 valence electrons. The molecule has 17 nitrogen and oxygen atoms in total. The summed E-state index contributed by atoms with van der Waals surface area (Å²) in [5, 5.41) is 10.7. The van der Waals surface area contributed by atoms with E-state index in [-0.39, 0.29) is 25.7 Å². The summed E-state index contributed by atoms with van der Waals surface area (Å²) in [6.07, 6.45) is 72.1. The van der Waals surface area contributed by atoms with Gasteiger partial charge < -0.3 is 33.8 Å². The first-order chi connectivity index (χ1) is 51.0. The van der Waals surface area contributed by atoms with E-state index >= 15 is 0 Å². The van der Waals surface area contributed by atoms with Crippen molar-refractivity contribution >= 4 is 39.5 Å². The van der Waals surface area contributed by atoms with Crippen LogP contribution in [0.1, 0.15) is 465 Å². The van der Waals surface area contributed by atoms with Crippen molar-refractivity contribution in [2.45, 2.75) is 483 Å². The minimum Gasteiger partial charge on any atom is -0.462 e. The zero-order valence-corrected chi connectivity index (χ0v) is 70.7. The van der Waals surface area contributed by atoms with E-state index in [0.717, 1.165) is 95.8 Å². The quantitative estimate of drug-likeness (QED) is 0.0222. The second-order valence-electron chi connectivity index (χ2n) is 31.4. The van der Waals surface area contributed by atoms with E-state index < -0.39 is 97.5 Å². The number of aliphatic hydroxyl groups is 1. The highest BCUT2D eigenvalue weighted by Gasteiger charge is 2.30. The molecule has 0 spiro atoms. The van der Waals surface area contributed by atoms with Gasteiger partial charge in [-0.3, -0.25) is 37.3 Å². The lowest BCUT2D eigenvalue weighted by Crippen LogP contribution is -2.30. The van der Waals surface area contributed by atoms with E-state index in [0.29, 0.717) is 25.7 Å². The van der Waals surface area contributed by atoms with E-state index in [9.17, 15) is 43.2 Å². The van der Waals surface area contributed by atoms with Crippen LogP contribution in [0.15, 0.2) is 0 Å². The number of ether oxygens (including phenoxy) is 4. The summed E-state index contributed by atoms with van der Waals surface area (Å²) < 4.78 is 68.9. The third kappa shape index (κ3) is 79.9. The molecule has 3 N–H and O–H groups in total. The highest BCUT2D eigenvalue weighted by Crippen LogP contribution is 2.45. The van der Waals surface area contributed by atoms with Crippen LogP contribution in [0.25, 0.3) is 0 Å². The van der Waals surface area contributed by atoms with Crippen molar-refractivity contribution in [1.29, 1.82) is 0 Å². The van der Waals surface area contributed by atoms with E-state index in [1.54, 1.807) is 0 Å². The number of carbonyl (C=O) groups is 4. The van der Waals surface area contributed by atoms with Crippen LogP contribution in [0.2, 0.25) is 0 Å². The van der Waals surface area contributed by atoms with Crippen molar-refractivity contribution in [3.8, 4) is 0 Å². The Balaban J connectivity index is 5.23. The lowest BCUT2D eigenvalue weighted by Gasteiger charge is -2.21. The lowest BCUT2D eigenvalue weighted by atomic mass is 10.0. The molecular formula is C86H168O17P2. The summed E-state index contributed by atoms with van der Waals surface area (Å²) >= 11 is 0. The first kappa shape index (κ1) is 103. The highest BCUT2D eigenvalue weighted by atomic mass is 31.2. The van der Waals surface area contributed by atoms with E-state index in [1.807, 2.05) is 0 Å². The summed E-state index contributed by atoms with van der Waals surface area (Å²) in [7, 11) is -9.93. The normalized spacial score (nSPS) is 13.8. The molecule has 5 atom stereocenters. The third-order valence-electron chi connectivity index (χ3n) is 20.3. The molecular weight excluding hydrogens is 1370 g/mol. The van der Waals surface area contributed by atoms with Crippen molar-refractivity contribution < 1.29 is 80.2 Å². The van der Waals surface area contributed by atoms with Gasteiger partial charge in [0.2, 0.25) is 0 Å². The van der Waals surface area contributed by atoms with Gasteiger partial charge in [-0.2, -0.15) is 0 Å². The second kappa shape index (κ2) is 78.7. The van der Waals surface area contributed by atoms with Gasteiger partial charge >= 0.3 is 39.5 Å². The summed E-state index contributed by atoms with van der Waals surface area (Å²) in [5.41, 5.74) is 0. The largest absolute Gasteiger partial charge is 0.472 e. The minimum absolute atomic E-state index is 0.109. The van der Waals surface area contributed by atoms with Crippen molar-refractivity contribution in [1.82, 2.24) is 0 Å². The molecule has 0 saturated carbocycles. The molecule has 0 aromatic rings. The molecule has 0 radical (unpaired) electrons. The lowest BCUT2D eigenvalue weighted by molar-refractivity contribution is -0.161. The van der Waals surface area contributed by atoms with Gasteiger partial charge in [0.1, 0.15) is 19.3 Å². The molecule has 19 heteroatoms. The fourth-order valence-corrected chi connectivity index (χ4v) is 15.1. The smallest absolute Gasteiger partial charge is 0.462 e. The molecule has 0 aromatic heterocycles. The van der Waals surface area contributed by atoms with Gasteiger partial charge in [-0.05, 0) is 31.6 Å². The SMILES string of the molecule is CCCCCCCCCCCCCCCCCCCCC(=O)OC[C@H](COP(=O)(O)OC[C@@H](O)COP(=O)(O)OC[C@@H](COC(=O)CCCCCCCCCCCCC)OC(=O)CCCCCCCCCCCCCCCCC)OC(=O)CCCCCCCCCCCCCCCCCCCCC(C)C. The number of aliphatic hydroxyl groups excluding tert-OH is 1. The molecule has 0 fully saturated rings. The summed E-state index contributed by atoms with van der Waals surface area (Å²) in [6, 6.07) is 0. The number of unbranched alkanes of at least 4 members (excludes halogenated alkanes) is 58. The molecule has 0 aliphatic rings. The number of hydrogen-bond acceptors (Lipinski definition) is 15. The molecule has 0 rings (SSSR count). The van der Waals surface area contributed by atoms with Crippen molar-refractivity contribution in [2.75, 3.05) is 39.6 Å². The van der Waals surface area contributed by atoms with Crippen molar-refractivity contribution in [3.63, 3.8) is 0 Å². The predicted molar refractivity (Wildman–Crippen MR) is 432 cm³/mol. The molecule has 0 amide bonds. The monoisotopic (exact) mass is 1540 g/mol. The first-order valence-electron chi connectivity index (χ1n) is 44.6. The zero-order valence-electron chi connectivity index (χ0n) is 68.9. The molecule has 0 bridgehead atoms. The highest BCUT2D eigenvalue weighted by molar-refractivity contribution is 7.47. The van der Waals surface area contributed by atoms with Crippen molar-refractivity contribution in [3.05, 3.63) is 0 Å². The van der Waals surface area contributed by atoms with Gasteiger partial charge in [0.05, 0.1) is 26.4 Å². The van der Waals surface area contributed by atoms with E-state index in [1.165, 1.54) is 289 Å². The number of rotatable bonds is 86. The molecule has 0 aliphatic carbocycles. The number of phosphoric ester groups is 2. The Bertz CT molecular complexity index is 2000. The Hall–Kier alpha value is -1.94. The average Bonchev–Trinajstić information content (AvgIpc) is 0.914. The fraction of sp³-hybridized carbons (Fsp3) is 0.953. The van der Waals surface area contributed by atoms with Crippen LogP contribution in [-0.2, 0) is 65.4 Å². The Morgan fingerprint density at radius 2 is 0.438 bits per heavy atom. The van der Waals surface area contributed by atoms with Crippen molar-refractivity contribution in [2.24, 2.45) is 5.92 Å². The molecule has 0 saturated heterocycles. The Labute approximate surface area is 645 Å². The van der Waals surface area contributed by atoms with Crippen LogP contribution in [0.5, 0.6) is 0 Å². The number of esters is 4. The first-order valence-corrected chi connectivity index (χ1v) is 47.6. The third-order valence-corrected chi connectivity index (χ3v) is 22.2. The van der Waals surface area contributed by atoms with Gasteiger partial charge in [-0.1, -0.05) is 413 Å². The molecule has 0 aliphatic heterocycles. The summed E-state index contributed by atoms with van der Waals surface area (Å²) in [4.78, 5) is 73.2. The van der Waals surface area contributed by atoms with E-state index in [2.05, 4.69) is 34.6 Å². The Kier molecular flexibility index (Phi) is 77.3. The van der Waals surface area contributed by atoms with Crippen LogP contribution in [0.4, 0.5) is 0 Å². The minimum atomic E-state index is -4.97.